The average molecular weight is 570 g/mol. The van der Waals surface area contributed by atoms with Gasteiger partial charge in [-0.1, -0.05) is 64.1 Å². The number of anilines is 1. The number of carbonyl (C=O) groups excluding carboxylic acids is 2. The lowest BCUT2D eigenvalue weighted by Crippen LogP contribution is -2.49. The molecule has 0 radical (unpaired) electrons. The van der Waals surface area contributed by atoms with Crippen molar-refractivity contribution in [2.75, 3.05) is 17.6 Å². The summed E-state index contributed by atoms with van der Waals surface area (Å²) in [5.74, 6) is -1.18. The maximum Gasteiger partial charge on any atom is 0.322 e. The van der Waals surface area contributed by atoms with Crippen molar-refractivity contribution in [3.63, 3.8) is 0 Å². The van der Waals surface area contributed by atoms with E-state index in [0.29, 0.717) is 36.6 Å². The van der Waals surface area contributed by atoms with Crippen molar-refractivity contribution >= 4 is 33.5 Å². The number of carboxylic acid groups (broad SMARTS) is 1. The molecule has 2 aliphatic carbocycles. The van der Waals surface area contributed by atoms with Gasteiger partial charge in [0.15, 0.2) is 0 Å². The number of hydrogen-bond acceptors (Lipinski definition) is 5. The van der Waals surface area contributed by atoms with Crippen molar-refractivity contribution in [1.82, 2.24) is 10.0 Å². The zero-order chi connectivity index (χ0) is 29.3. The Morgan fingerprint density at radius 2 is 1.77 bits per heavy atom. The Morgan fingerprint density at radius 3 is 2.35 bits per heavy atom. The summed E-state index contributed by atoms with van der Waals surface area (Å²) in [7, 11) is -4.04. The van der Waals surface area contributed by atoms with Gasteiger partial charge in [0.25, 0.3) is 0 Å². The van der Waals surface area contributed by atoms with Crippen LogP contribution >= 0.6 is 0 Å². The molecular weight excluding hydrogens is 530 g/mol. The number of aliphatic carboxylic acids is 1. The van der Waals surface area contributed by atoms with E-state index in [-0.39, 0.29) is 29.9 Å². The number of urea groups is 1. The van der Waals surface area contributed by atoms with Crippen molar-refractivity contribution in [2.24, 2.45) is 22.7 Å². The zero-order valence-corrected chi connectivity index (χ0v) is 24.3. The minimum absolute atomic E-state index is 0.0305. The van der Waals surface area contributed by atoms with Crippen LogP contribution in [0.2, 0.25) is 0 Å². The summed E-state index contributed by atoms with van der Waals surface area (Å²) in [5, 5.41) is 15.4. The monoisotopic (exact) mass is 569 g/mol. The molecule has 4 N–H and O–H groups in total. The number of nitrogens with one attached hydrogen (secondary N) is 3. The van der Waals surface area contributed by atoms with E-state index in [1.165, 1.54) is 0 Å². The molecule has 0 spiro atoms. The smallest absolute Gasteiger partial charge is 0.322 e. The molecule has 0 aromatic heterocycles. The predicted octanol–water partition coefficient (Wildman–Crippen LogP) is 4.44. The Balaban J connectivity index is 1.42. The third kappa shape index (κ3) is 6.23. The minimum atomic E-state index is -4.04. The number of carboxylic acids is 1. The number of carbonyl (C=O) groups is 3. The first-order valence-electron chi connectivity index (χ1n) is 13.7. The molecule has 0 heterocycles. The van der Waals surface area contributed by atoms with E-state index in [4.69, 9.17) is 0 Å². The van der Waals surface area contributed by atoms with Gasteiger partial charge in [-0.2, -0.15) is 0 Å². The molecule has 2 aromatic rings. The van der Waals surface area contributed by atoms with E-state index in [2.05, 4.69) is 15.4 Å². The van der Waals surface area contributed by atoms with Crippen LogP contribution in [0.5, 0.6) is 0 Å². The van der Waals surface area contributed by atoms with Gasteiger partial charge in [0.2, 0.25) is 10.0 Å². The molecule has 2 aliphatic rings. The number of sulfonamides is 1. The van der Waals surface area contributed by atoms with Crippen molar-refractivity contribution in [3.05, 3.63) is 54.1 Å². The van der Waals surface area contributed by atoms with E-state index < -0.39 is 32.9 Å². The highest BCUT2D eigenvalue weighted by atomic mass is 32.2. The maximum atomic E-state index is 13.2. The molecule has 2 saturated carbocycles. The molecule has 2 amide bonds. The largest absolute Gasteiger partial charge is 0.480 e. The van der Waals surface area contributed by atoms with Gasteiger partial charge in [0, 0.05) is 24.1 Å². The molecule has 2 fully saturated rings. The van der Waals surface area contributed by atoms with Crippen LogP contribution in [0.15, 0.2) is 48.5 Å². The molecule has 216 valence electrons. The van der Waals surface area contributed by atoms with Crippen LogP contribution in [-0.4, -0.2) is 49.6 Å². The molecule has 9 nitrogen and oxygen atoms in total. The number of benzene rings is 2. The molecule has 3 atom stereocenters. The predicted molar refractivity (Wildman–Crippen MR) is 154 cm³/mol. The highest BCUT2D eigenvalue weighted by Gasteiger charge is 2.65. The van der Waals surface area contributed by atoms with E-state index >= 15 is 0 Å². The standard InChI is InChI=1S/C30H39N3O6S/c1-19(2)17-31-28(37)32-24-7-5-6-22(15-24)21-10-8-20(9-11-21)14-25(27(35)36)33-40(38,39)18-30-13-12-23(16-26(30)34)29(30,3)4/h5-11,15,19,23,25,33H,12-14,16-18H2,1-4H3,(H,35,36)(H2,31,32,37)/t23?,25-,30?/m0/s1. The second kappa shape index (κ2) is 11.3. The number of Topliss-reactive ketones (excluding diaryl/α,β-unsaturated/α-hetero) is 1. The first-order chi connectivity index (χ1) is 18.7. The van der Waals surface area contributed by atoms with E-state index in [0.717, 1.165) is 17.5 Å². The lowest BCUT2D eigenvalue weighted by atomic mass is 9.70. The topological polar surface area (TPSA) is 142 Å². The van der Waals surface area contributed by atoms with Gasteiger partial charge >= 0.3 is 12.0 Å². The SMILES string of the molecule is CC(C)CNC(=O)Nc1cccc(-c2ccc(C[C@H](NS(=O)(=O)CC34CCC(CC3=O)C4(C)C)C(=O)O)cc2)c1. The molecule has 2 bridgehead atoms. The van der Waals surface area contributed by atoms with E-state index in [1.54, 1.807) is 18.2 Å². The van der Waals surface area contributed by atoms with Crippen molar-refractivity contribution in [2.45, 2.75) is 59.4 Å². The van der Waals surface area contributed by atoms with Crippen LogP contribution in [0.4, 0.5) is 10.5 Å². The lowest BCUT2D eigenvalue weighted by Gasteiger charge is -2.36. The molecule has 2 aromatic carbocycles. The number of rotatable bonds is 11. The second-order valence-corrected chi connectivity index (χ2v) is 13.9. The molecule has 40 heavy (non-hydrogen) atoms. The number of fused-ring (bicyclic) bond motifs is 2. The quantitative estimate of drug-likeness (QED) is 0.315. The highest BCUT2D eigenvalue weighted by Crippen LogP contribution is 2.64. The Bertz CT molecular complexity index is 1390. The molecule has 4 rings (SSSR count). The molecular formula is C30H39N3O6S. The summed E-state index contributed by atoms with van der Waals surface area (Å²) in [5.41, 5.74) is 1.61. The summed E-state index contributed by atoms with van der Waals surface area (Å²) < 4.78 is 28.7. The van der Waals surface area contributed by atoms with Crippen LogP contribution in [0.3, 0.4) is 0 Å². The van der Waals surface area contributed by atoms with Crippen molar-refractivity contribution in [1.29, 1.82) is 0 Å². The third-order valence-corrected chi connectivity index (χ3v) is 10.2. The minimum Gasteiger partial charge on any atom is -0.480 e. The van der Waals surface area contributed by atoms with Gasteiger partial charge in [0.05, 0.1) is 5.75 Å². The van der Waals surface area contributed by atoms with E-state index in [1.807, 2.05) is 58.0 Å². The zero-order valence-electron chi connectivity index (χ0n) is 23.5. The van der Waals surface area contributed by atoms with Crippen LogP contribution in [0, 0.1) is 22.7 Å². The second-order valence-electron chi connectivity index (χ2n) is 12.1. The van der Waals surface area contributed by atoms with Crippen LogP contribution < -0.4 is 15.4 Å². The summed E-state index contributed by atoms with van der Waals surface area (Å²) in [4.78, 5) is 36.9. The van der Waals surface area contributed by atoms with Crippen LogP contribution in [0.1, 0.15) is 52.5 Å². The third-order valence-electron chi connectivity index (χ3n) is 8.71. The van der Waals surface area contributed by atoms with E-state index in [9.17, 15) is 27.9 Å². The van der Waals surface area contributed by atoms with Gasteiger partial charge < -0.3 is 15.7 Å². The summed E-state index contributed by atoms with van der Waals surface area (Å²) in [6.07, 6.45) is 1.68. The Morgan fingerprint density at radius 1 is 1.07 bits per heavy atom. The number of hydrogen-bond donors (Lipinski definition) is 4. The van der Waals surface area contributed by atoms with Gasteiger partial charge in [0.1, 0.15) is 11.8 Å². The van der Waals surface area contributed by atoms with Crippen LogP contribution in [0.25, 0.3) is 11.1 Å². The lowest BCUT2D eigenvalue weighted by molar-refractivity contribution is -0.138. The molecule has 0 saturated heterocycles. The Hall–Kier alpha value is -3.24. The fourth-order valence-corrected chi connectivity index (χ4v) is 8.22. The summed E-state index contributed by atoms with van der Waals surface area (Å²) in [6, 6.07) is 12.9. The Kier molecular flexibility index (Phi) is 8.42. The molecule has 2 unspecified atom stereocenters. The highest BCUT2D eigenvalue weighted by molar-refractivity contribution is 7.89. The van der Waals surface area contributed by atoms with Crippen LogP contribution in [-0.2, 0) is 26.0 Å². The fraction of sp³-hybridized carbons (Fsp3) is 0.500. The van der Waals surface area contributed by atoms with Gasteiger partial charge in [-0.25, -0.2) is 17.9 Å². The van der Waals surface area contributed by atoms with Gasteiger partial charge in [-0.05, 0) is 65.3 Å². The first-order valence-corrected chi connectivity index (χ1v) is 15.4. The van der Waals surface area contributed by atoms with Gasteiger partial charge in [-0.3, -0.25) is 9.59 Å². The van der Waals surface area contributed by atoms with Crippen molar-refractivity contribution in [3.8, 4) is 11.1 Å². The molecule has 10 heteroatoms. The average Bonchev–Trinajstić information content (AvgIpc) is 3.21. The Labute approximate surface area is 236 Å². The first kappa shape index (κ1) is 29.7. The fourth-order valence-electron chi connectivity index (χ4n) is 6.19. The maximum absolute atomic E-state index is 13.2. The number of ketones is 1. The number of amides is 2. The summed E-state index contributed by atoms with van der Waals surface area (Å²) in [6.45, 7) is 8.50. The molecule has 0 aliphatic heterocycles. The summed E-state index contributed by atoms with van der Waals surface area (Å²) >= 11 is 0. The van der Waals surface area contributed by atoms with Crippen molar-refractivity contribution < 1.29 is 27.9 Å². The van der Waals surface area contributed by atoms with Gasteiger partial charge in [-0.15, -0.1) is 0 Å². The normalized spacial score (nSPS) is 22.3.